The molecule has 0 aromatic carbocycles. The monoisotopic (exact) mass is 398 g/mol. The summed E-state index contributed by atoms with van der Waals surface area (Å²) >= 11 is 0. The maximum Gasteiger partial charge on any atom is 0.0468 e. The molecular formula is C26H54O2. The van der Waals surface area contributed by atoms with Gasteiger partial charge in [0.05, 0.1) is 0 Å². The zero-order chi connectivity index (χ0) is 21.0. The van der Waals surface area contributed by atoms with E-state index in [2.05, 4.69) is 41.5 Å². The third-order valence-corrected chi connectivity index (χ3v) is 5.79. The highest BCUT2D eigenvalue weighted by molar-refractivity contribution is 4.56. The van der Waals surface area contributed by atoms with Gasteiger partial charge in [0.2, 0.25) is 0 Å². The molecule has 2 unspecified atom stereocenters. The second kappa shape index (κ2) is 20.2. The summed E-state index contributed by atoms with van der Waals surface area (Å²) in [7, 11) is 0. The van der Waals surface area contributed by atoms with E-state index < -0.39 is 0 Å². The predicted octanol–water partition coefficient (Wildman–Crippen LogP) is 8.29. The molecule has 0 aliphatic heterocycles. The number of hydrogen-bond donors (Lipinski definition) is 0. The summed E-state index contributed by atoms with van der Waals surface area (Å²) in [6.07, 6.45) is 15.6. The standard InChI is InChI=1S/C26H54O2/c1-23(2)13-11-15-25(5)17-21-27-19-9-7-8-10-20-28-22-18-26(6)16-12-14-24(3)4/h23-26H,7-22H2,1-6H3. The van der Waals surface area contributed by atoms with Crippen LogP contribution in [0.1, 0.15) is 119 Å². The summed E-state index contributed by atoms with van der Waals surface area (Å²) < 4.78 is 11.6. The molecule has 2 nitrogen and oxygen atoms in total. The van der Waals surface area contributed by atoms with Gasteiger partial charge < -0.3 is 9.47 Å². The highest BCUT2D eigenvalue weighted by Crippen LogP contribution is 2.16. The van der Waals surface area contributed by atoms with Crippen molar-refractivity contribution in [2.45, 2.75) is 119 Å². The summed E-state index contributed by atoms with van der Waals surface area (Å²) in [6, 6.07) is 0. The molecule has 0 amide bonds. The van der Waals surface area contributed by atoms with Gasteiger partial charge in [-0.2, -0.15) is 0 Å². The van der Waals surface area contributed by atoms with Crippen LogP contribution in [0.5, 0.6) is 0 Å². The highest BCUT2D eigenvalue weighted by atomic mass is 16.5. The largest absolute Gasteiger partial charge is 0.381 e. The van der Waals surface area contributed by atoms with E-state index in [1.54, 1.807) is 0 Å². The van der Waals surface area contributed by atoms with Crippen molar-refractivity contribution in [3.05, 3.63) is 0 Å². The van der Waals surface area contributed by atoms with Crippen molar-refractivity contribution in [1.29, 1.82) is 0 Å². The summed E-state index contributed by atoms with van der Waals surface area (Å²) in [4.78, 5) is 0. The van der Waals surface area contributed by atoms with Gasteiger partial charge in [0, 0.05) is 26.4 Å². The third kappa shape index (κ3) is 22.2. The Morgan fingerprint density at radius 2 is 0.786 bits per heavy atom. The molecule has 0 saturated heterocycles. The maximum atomic E-state index is 5.82. The molecule has 0 aliphatic rings. The van der Waals surface area contributed by atoms with E-state index in [4.69, 9.17) is 9.47 Å². The average Bonchev–Trinajstić information content (AvgIpc) is 2.62. The van der Waals surface area contributed by atoms with E-state index in [-0.39, 0.29) is 0 Å². The van der Waals surface area contributed by atoms with Crippen LogP contribution in [-0.4, -0.2) is 26.4 Å². The van der Waals surface area contributed by atoms with Gasteiger partial charge in [-0.25, -0.2) is 0 Å². The fraction of sp³-hybridized carbons (Fsp3) is 1.00. The minimum atomic E-state index is 0.814. The van der Waals surface area contributed by atoms with Gasteiger partial charge in [-0.3, -0.25) is 0 Å². The SMILES string of the molecule is CC(C)CCCC(C)CCOCCCCCCOCCC(C)CCCC(C)C. The Hall–Kier alpha value is -0.0800. The van der Waals surface area contributed by atoms with E-state index in [0.29, 0.717) is 0 Å². The molecule has 0 spiro atoms. The Kier molecular flexibility index (Phi) is 20.1. The van der Waals surface area contributed by atoms with Crippen molar-refractivity contribution in [3.8, 4) is 0 Å². The van der Waals surface area contributed by atoms with Crippen LogP contribution in [0.4, 0.5) is 0 Å². The lowest BCUT2D eigenvalue weighted by molar-refractivity contribution is 0.108. The minimum absolute atomic E-state index is 0.814. The molecule has 0 rings (SSSR count). The fourth-order valence-corrected chi connectivity index (χ4v) is 3.57. The lowest BCUT2D eigenvalue weighted by atomic mass is 9.98. The van der Waals surface area contributed by atoms with Gasteiger partial charge in [0.25, 0.3) is 0 Å². The van der Waals surface area contributed by atoms with Crippen LogP contribution in [0, 0.1) is 23.7 Å². The molecule has 170 valence electrons. The van der Waals surface area contributed by atoms with E-state index in [0.717, 1.165) is 50.1 Å². The summed E-state index contributed by atoms with van der Waals surface area (Å²) in [5.41, 5.74) is 0. The second-order valence-corrected chi connectivity index (χ2v) is 10.1. The molecule has 0 aliphatic carbocycles. The Labute approximate surface area is 178 Å². The van der Waals surface area contributed by atoms with Crippen molar-refractivity contribution < 1.29 is 9.47 Å². The molecule has 0 heterocycles. The van der Waals surface area contributed by atoms with Crippen LogP contribution in [0.3, 0.4) is 0 Å². The first-order valence-electron chi connectivity index (χ1n) is 12.6. The molecular weight excluding hydrogens is 344 g/mol. The topological polar surface area (TPSA) is 18.5 Å². The zero-order valence-electron chi connectivity index (χ0n) is 20.4. The number of hydrogen-bond acceptors (Lipinski definition) is 2. The minimum Gasteiger partial charge on any atom is -0.381 e. The van der Waals surface area contributed by atoms with Gasteiger partial charge in [-0.1, -0.05) is 92.9 Å². The van der Waals surface area contributed by atoms with E-state index in [9.17, 15) is 0 Å². The van der Waals surface area contributed by atoms with Crippen LogP contribution >= 0.6 is 0 Å². The summed E-state index contributed by atoms with van der Waals surface area (Å²) in [5.74, 6) is 3.32. The quantitative estimate of drug-likeness (QED) is 0.181. The summed E-state index contributed by atoms with van der Waals surface area (Å²) in [6.45, 7) is 17.8. The van der Waals surface area contributed by atoms with Crippen molar-refractivity contribution in [3.63, 3.8) is 0 Å². The van der Waals surface area contributed by atoms with Crippen LogP contribution in [0.25, 0.3) is 0 Å². The molecule has 0 saturated carbocycles. The molecule has 2 atom stereocenters. The lowest BCUT2D eigenvalue weighted by Crippen LogP contribution is -2.05. The average molecular weight is 399 g/mol. The molecule has 0 N–H and O–H groups in total. The fourth-order valence-electron chi connectivity index (χ4n) is 3.57. The molecule has 2 heteroatoms. The van der Waals surface area contributed by atoms with Gasteiger partial charge in [0.15, 0.2) is 0 Å². The van der Waals surface area contributed by atoms with Crippen LogP contribution in [-0.2, 0) is 9.47 Å². The maximum absolute atomic E-state index is 5.82. The number of ether oxygens (including phenoxy) is 2. The molecule has 0 radical (unpaired) electrons. The van der Waals surface area contributed by atoms with Gasteiger partial charge in [-0.05, 0) is 49.4 Å². The van der Waals surface area contributed by atoms with E-state index in [1.807, 2.05) is 0 Å². The Morgan fingerprint density at radius 1 is 0.393 bits per heavy atom. The Morgan fingerprint density at radius 3 is 1.14 bits per heavy atom. The van der Waals surface area contributed by atoms with E-state index in [1.165, 1.54) is 77.0 Å². The Balaban J connectivity index is 3.21. The second-order valence-electron chi connectivity index (χ2n) is 10.1. The number of rotatable bonds is 21. The zero-order valence-corrected chi connectivity index (χ0v) is 20.4. The van der Waals surface area contributed by atoms with Crippen LogP contribution in [0.15, 0.2) is 0 Å². The Bertz CT molecular complexity index is 271. The third-order valence-electron chi connectivity index (χ3n) is 5.79. The first kappa shape index (κ1) is 27.9. The first-order valence-corrected chi connectivity index (χ1v) is 12.6. The predicted molar refractivity (Wildman–Crippen MR) is 125 cm³/mol. The lowest BCUT2D eigenvalue weighted by Gasteiger charge is -2.13. The van der Waals surface area contributed by atoms with Crippen molar-refractivity contribution in [1.82, 2.24) is 0 Å². The van der Waals surface area contributed by atoms with Gasteiger partial charge in [0.1, 0.15) is 0 Å². The molecule has 28 heavy (non-hydrogen) atoms. The van der Waals surface area contributed by atoms with Crippen LogP contribution in [0.2, 0.25) is 0 Å². The summed E-state index contributed by atoms with van der Waals surface area (Å²) in [5, 5.41) is 0. The van der Waals surface area contributed by atoms with Crippen molar-refractivity contribution >= 4 is 0 Å². The molecule has 0 fully saturated rings. The highest BCUT2D eigenvalue weighted by Gasteiger charge is 2.04. The molecule has 0 aromatic rings. The van der Waals surface area contributed by atoms with Gasteiger partial charge >= 0.3 is 0 Å². The van der Waals surface area contributed by atoms with Crippen molar-refractivity contribution in [2.75, 3.05) is 26.4 Å². The molecule has 0 aromatic heterocycles. The smallest absolute Gasteiger partial charge is 0.0468 e. The van der Waals surface area contributed by atoms with Crippen molar-refractivity contribution in [2.24, 2.45) is 23.7 Å². The van der Waals surface area contributed by atoms with Crippen LogP contribution < -0.4 is 0 Å². The normalized spacial score (nSPS) is 14.1. The first-order chi connectivity index (χ1) is 13.4. The van der Waals surface area contributed by atoms with Gasteiger partial charge in [-0.15, -0.1) is 0 Å². The number of unbranched alkanes of at least 4 members (excludes halogenated alkanes) is 3. The molecule has 0 bridgehead atoms. The van der Waals surface area contributed by atoms with E-state index >= 15 is 0 Å².